The van der Waals surface area contributed by atoms with Crippen molar-refractivity contribution in [2.45, 2.75) is 51.2 Å². The Morgan fingerprint density at radius 1 is 1.58 bits per heavy atom. The van der Waals surface area contributed by atoms with Gasteiger partial charge in [0.1, 0.15) is 0 Å². The monoisotopic (exact) mass is 171 g/mol. The summed E-state index contributed by atoms with van der Waals surface area (Å²) in [6.45, 7) is 3.22. The molecule has 0 bridgehead atoms. The molecule has 0 aromatic heterocycles. The predicted molar refractivity (Wildman–Crippen MR) is 51.3 cm³/mol. The zero-order valence-electron chi connectivity index (χ0n) is 8.31. The van der Waals surface area contributed by atoms with Gasteiger partial charge in [-0.25, -0.2) is 0 Å². The lowest BCUT2D eigenvalue weighted by Gasteiger charge is -2.16. The summed E-state index contributed by atoms with van der Waals surface area (Å²) in [4.78, 5) is 0. The van der Waals surface area contributed by atoms with Crippen molar-refractivity contribution in [1.29, 1.82) is 0 Å². The maximum Gasteiger partial charge on any atom is 0.0576 e. The van der Waals surface area contributed by atoms with Gasteiger partial charge in [-0.3, -0.25) is 0 Å². The van der Waals surface area contributed by atoms with E-state index in [1.54, 1.807) is 0 Å². The van der Waals surface area contributed by atoms with Crippen LogP contribution in [0.3, 0.4) is 0 Å². The van der Waals surface area contributed by atoms with Gasteiger partial charge in [-0.05, 0) is 39.2 Å². The van der Waals surface area contributed by atoms with Gasteiger partial charge >= 0.3 is 0 Å². The summed E-state index contributed by atoms with van der Waals surface area (Å²) in [7, 11) is 2.05. The predicted octanol–water partition coefficient (Wildman–Crippen LogP) is 1.94. The normalized spacial score (nSPS) is 26.0. The lowest BCUT2D eigenvalue weighted by Crippen LogP contribution is -2.25. The van der Waals surface area contributed by atoms with Gasteiger partial charge in [-0.15, -0.1) is 0 Å². The first-order chi connectivity index (χ1) is 5.86. The molecule has 1 rings (SSSR count). The molecular formula is C10H21NO. The Hall–Kier alpha value is -0.0800. The molecule has 2 heteroatoms. The van der Waals surface area contributed by atoms with Gasteiger partial charge in [0.05, 0.1) is 6.10 Å². The Morgan fingerprint density at radius 3 is 2.92 bits per heavy atom. The Morgan fingerprint density at radius 2 is 2.42 bits per heavy atom. The van der Waals surface area contributed by atoms with Crippen molar-refractivity contribution in [3.63, 3.8) is 0 Å². The van der Waals surface area contributed by atoms with E-state index >= 15 is 0 Å². The third-order valence-electron chi connectivity index (χ3n) is 2.76. The molecule has 0 radical (unpaired) electrons. The molecule has 0 aromatic rings. The minimum absolute atomic E-state index is 0.562. The summed E-state index contributed by atoms with van der Waals surface area (Å²) in [5, 5.41) is 3.32. The molecule has 0 spiro atoms. The summed E-state index contributed by atoms with van der Waals surface area (Å²) in [5.74, 6) is 0. The maximum absolute atomic E-state index is 5.56. The molecule has 1 fully saturated rings. The second-order valence-electron chi connectivity index (χ2n) is 3.61. The number of hydrogen-bond acceptors (Lipinski definition) is 2. The Balaban J connectivity index is 2.06. The summed E-state index contributed by atoms with van der Waals surface area (Å²) in [5.41, 5.74) is 0. The fraction of sp³-hybridized carbons (Fsp3) is 1.00. The number of hydrogen-bond donors (Lipinski definition) is 1. The van der Waals surface area contributed by atoms with Gasteiger partial charge in [-0.1, -0.05) is 6.92 Å². The second-order valence-corrected chi connectivity index (χ2v) is 3.61. The highest BCUT2D eigenvalue weighted by molar-refractivity contribution is 4.69. The van der Waals surface area contributed by atoms with E-state index in [0.717, 1.165) is 6.61 Å². The van der Waals surface area contributed by atoms with Crippen LogP contribution in [-0.4, -0.2) is 25.8 Å². The molecule has 12 heavy (non-hydrogen) atoms. The van der Waals surface area contributed by atoms with Crippen LogP contribution in [0.15, 0.2) is 0 Å². The standard InChI is InChI=1S/C10H21NO/c1-3-9(11-2)6-7-10-5-4-8-12-10/h9-11H,3-8H2,1-2H3. The summed E-state index contributed by atoms with van der Waals surface area (Å²) < 4.78 is 5.56. The lowest BCUT2D eigenvalue weighted by atomic mass is 10.0. The SMILES string of the molecule is CCC(CCC1CCCO1)NC. The number of rotatable bonds is 5. The van der Waals surface area contributed by atoms with Gasteiger partial charge in [-0.2, -0.15) is 0 Å². The summed E-state index contributed by atoms with van der Waals surface area (Å²) in [6.07, 6.45) is 6.83. The first-order valence-corrected chi connectivity index (χ1v) is 5.15. The molecule has 2 unspecified atom stereocenters. The smallest absolute Gasteiger partial charge is 0.0576 e. The zero-order valence-corrected chi connectivity index (χ0v) is 8.31. The molecule has 1 heterocycles. The van der Waals surface area contributed by atoms with E-state index in [-0.39, 0.29) is 0 Å². The van der Waals surface area contributed by atoms with Gasteiger partial charge in [0.25, 0.3) is 0 Å². The van der Waals surface area contributed by atoms with Crippen LogP contribution in [-0.2, 0) is 4.74 Å². The van der Waals surface area contributed by atoms with Crippen LogP contribution >= 0.6 is 0 Å². The Bertz CT molecular complexity index is 104. The van der Waals surface area contributed by atoms with E-state index < -0.39 is 0 Å². The topological polar surface area (TPSA) is 21.3 Å². The van der Waals surface area contributed by atoms with E-state index in [1.165, 1.54) is 32.1 Å². The molecule has 0 aliphatic carbocycles. The van der Waals surface area contributed by atoms with E-state index in [4.69, 9.17) is 4.74 Å². The maximum atomic E-state index is 5.56. The Labute approximate surface area is 75.7 Å². The molecule has 0 saturated carbocycles. The van der Waals surface area contributed by atoms with Crippen molar-refractivity contribution in [2.24, 2.45) is 0 Å². The van der Waals surface area contributed by atoms with Gasteiger partial charge < -0.3 is 10.1 Å². The Kier molecular flexibility index (Phi) is 4.62. The summed E-state index contributed by atoms with van der Waals surface area (Å²) in [6, 6.07) is 0.689. The number of ether oxygens (including phenoxy) is 1. The highest BCUT2D eigenvalue weighted by Gasteiger charge is 2.16. The molecule has 1 aliphatic rings. The molecule has 1 N–H and O–H groups in total. The second kappa shape index (κ2) is 5.55. The lowest BCUT2D eigenvalue weighted by molar-refractivity contribution is 0.0997. The molecule has 1 aliphatic heterocycles. The minimum atomic E-state index is 0.562. The highest BCUT2D eigenvalue weighted by Crippen LogP contribution is 2.18. The van der Waals surface area contributed by atoms with E-state index in [0.29, 0.717) is 12.1 Å². The third-order valence-corrected chi connectivity index (χ3v) is 2.76. The van der Waals surface area contributed by atoms with E-state index in [9.17, 15) is 0 Å². The van der Waals surface area contributed by atoms with Crippen molar-refractivity contribution in [3.05, 3.63) is 0 Å². The van der Waals surface area contributed by atoms with Crippen LogP contribution in [0.2, 0.25) is 0 Å². The van der Waals surface area contributed by atoms with Crippen molar-refractivity contribution in [3.8, 4) is 0 Å². The minimum Gasteiger partial charge on any atom is -0.378 e. The molecular weight excluding hydrogens is 150 g/mol. The van der Waals surface area contributed by atoms with Crippen LogP contribution in [0.1, 0.15) is 39.0 Å². The van der Waals surface area contributed by atoms with Crippen LogP contribution in [0, 0.1) is 0 Å². The molecule has 0 aromatic carbocycles. The largest absolute Gasteiger partial charge is 0.378 e. The van der Waals surface area contributed by atoms with Gasteiger partial charge in [0, 0.05) is 12.6 Å². The summed E-state index contributed by atoms with van der Waals surface area (Å²) >= 11 is 0. The van der Waals surface area contributed by atoms with Crippen molar-refractivity contribution < 1.29 is 4.74 Å². The van der Waals surface area contributed by atoms with E-state index in [2.05, 4.69) is 12.2 Å². The quantitative estimate of drug-likeness (QED) is 0.682. The van der Waals surface area contributed by atoms with E-state index in [1.807, 2.05) is 7.05 Å². The first-order valence-electron chi connectivity index (χ1n) is 5.15. The first kappa shape index (κ1) is 10.0. The van der Waals surface area contributed by atoms with Crippen LogP contribution in [0.25, 0.3) is 0 Å². The van der Waals surface area contributed by atoms with Crippen molar-refractivity contribution in [2.75, 3.05) is 13.7 Å². The third kappa shape index (κ3) is 3.11. The molecule has 2 atom stereocenters. The van der Waals surface area contributed by atoms with Gasteiger partial charge in [0.2, 0.25) is 0 Å². The highest BCUT2D eigenvalue weighted by atomic mass is 16.5. The average molecular weight is 171 g/mol. The number of nitrogens with one attached hydrogen (secondary N) is 1. The fourth-order valence-corrected chi connectivity index (χ4v) is 1.81. The fourth-order valence-electron chi connectivity index (χ4n) is 1.81. The van der Waals surface area contributed by atoms with Gasteiger partial charge in [0.15, 0.2) is 0 Å². The molecule has 2 nitrogen and oxygen atoms in total. The van der Waals surface area contributed by atoms with Crippen LogP contribution < -0.4 is 5.32 Å². The van der Waals surface area contributed by atoms with Crippen LogP contribution in [0.5, 0.6) is 0 Å². The molecule has 1 saturated heterocycles. The molecule has 0 amide bonds. The van der Waals surface area contributed by atoms with Crippen molar-refractivity contribution >= 4 is 0 Å². The molecule has 72 valence electrons. The zero-order chi connectivity index (χ0) is 8.81. The van der Waals surface area contributed by atoms with Crippen molar-refractivity contribution in [1.82, 2.24) is 5.32 Å². The van der Waals surface area contributed by atoms with Crippen LogP contribution in [0.4, 0.5) is 0 Å². The average Bonchev–Trinajstić information content (AvgIpc) is 2.59.